The number of hydrogen-bond donors (Lipinski definition) is 1. The predicted octanol–water partition coefficient (Wildman–Crippen LogP) is 2.56. The number of aromatic carboxylic acids is 1. The Kier molecular flexibility index (Phi) is 5.32. The van der Waals surface area contributed by atoms with Crippen molar-refractivity contribution in [2.75, 3.05) is 34.3 Å². The van der Waals surface area contributed by atoms with Crippen LogP contribution in [0, 0.1) is 5.92 Å². The molecule has 1 heterocycles. The van der Waals surface area contributed by atoms with Crippen LogP contribution in [0.4, 0.5) is 0 Å². The molecule has 23 heavy (non-hydrogen) atoms. The summed E-state index contributed by atoms with van der Waals surface area (Å²) in [5.41, 5.74) is 1.43. The van der Waals surface area contributed by atoms with E-state index in [2.05, 4.69) is 37.7 Å². The highest BCUT2D eigenvalue weighted by atomic mass is 16.5. The van der Waals surface area contributed by atoms with Crippen molar-refractivity contribution in [2.24, 2.45) is 5.92 Å². The summed E-state index contributed by atoms with van der Waals surface area (Å²) in [4.78, 5) is 16.0. The first-order chi connectivity index (χ1) is 10.8. The second kappa shape index (κ2) is 6.89. The molecule has 0 amide bonds. The number of carboxylic acids is 1. The van der Waals surface area contributed by atoms with Gasteiger partial charge in [-0.3, -0.25) is 0 Å². The van der Waals surface area contributed by atoms with Gasteiger partial charge < -0.3 is 19.6 Å². The fourth-order valence-corrected chi connectivity index (χ4v) is 3.39. The second-order valence-corrected chi connectivity index (χ2v) is 7.10. The van der Waals surface area contributed by atoms with Crippen molar-refractivity contribution < 1.29 is 14.6 Å². The van der Waals surface area contributed by atoms with Crippen molar-refractivity contribution in [3.8, 4) is 5.75 Å². The van der Waals surface area contributed by atoms with Crippen LogP contribution in [0.1, 0.15) is 36.2 Å². The Hall–Kier alpha value is -1.59. The molecule has 0 aromatic heterocycles. The van der Waals surface area contributed by atoms with Crippen LogP contribution in [0.25, 0.3) is 0 Å². The average Bonchev–Trinajstić information content (AvgIpc) is 2.73. The van der Waals surface area contributed by atoms with E-state index in [4.69, 9.17) is 4.74 Å². The number of rotatable bonds is 6. The van der Waals surface area contributed by atoms with Crippen LogP contribution in [0.3, 0.4) is 0 Å². The van der Waals surface area contributed by atoms with Crippen LogP contribution < -0.4 is 4.74 Å². The van der Waals surface area contributed by atoms with E-state index in [1.807, 2.05) is 6.07 Å². The van der Waals surface area contributed by atoms with Gasteiger partial charge in [0, 0.05) is 18.6 Å². The molecule has 0 radical (unpaired) electrons. The number of hydrogen-bond acceptors (Lipinski definition) is 4. The SMILES string of the molecule is COc1ccc(CN(C)C[C@@H]2CCN(C)C2(C)C)cc1C(=O)O. The fraction of sp³-hybridized carbons (Fsp3) is 0.611. The predicted molar refractivity (Wildman–Crippen MR) is 91.1 cm³/mol. The maximum Gasteiger partial charge on any atom is 0.339 e. The summed E-state index contributed by atoms with van der Waals surface area (Å²) in [5.74, 6) is 0.0713. The first-order valence-corrected chi connectivity index (χ1v) is 8.05. The number of benzene rings is 1. The summed E-state index contributed by atoms with van der Waals surface area (Å²) >= 11 is 0. The monoisotopic (exact) mass is 320 g/mol. The summed E-state index contributed by atoms with van der Waals surface area (Å²) < 4.78 is 5.11. The Bertz CT molecular complexity index is 571. The third-order valence-electron chi connectivity index (χ3n) is 5.27. The van der Waals surface area contributed by atoms with E-state index in [1.165, 1.54) is 13.5 Å². The number of nitrogens with zero attached hydrogens (tertiary/aromatic N) is 2. The summed E-state index contributed by atoms with van der Waals surface area (Å²) in [5, 5.41) is 9.28. The Morgan fingerprint density at radius 3 is 2.70 bits per heavy atom. The smallest absolute Gasteiger partial charge is 0.339 e. The van der Waals surface area contributed by atoms with Crippen LogP contribution in [0.2, 0.25) is 0 Å². The number of carbonyl (C=O) groups is 1. The van der Waals surface area contributed by atoms with Gasteiger partial charge in [-0.25, -0.2) is 4.79 Å². The van der Waals surface area contributed by atoms with Crippen molar-refractivity contribution in [3.63, 3.8) is 0 Å². The standard InChI is InChI=1S/C18H28N2O3/c1-18(2)14(8-9-20(18)4)12-19(3)11-13-6-7-16(23-5)15(10-13)17(21)22/h6-7,10,14H,8-9,11-12H2,1-5H3,(H,21,22)/t14-/m0/s1. The summed E-state index contributed by atoms with van der Waals surface area (Å²) in [6, 6.07) is 5.39. The van der Waals surface area contributed by atoms with Crippen LogP contribution in [0.15, 0.2) is 18.2 Å². The molecule has 1 N–H and O–H groups in total. The molecule has 0 unspecified atom stereocenters. The van der Waals surface area contributed by atoms with Crippen molar-refractivity contribution in [3.05, 3.63) is 29.3 Å². The fourth-order valence-electron chi connectivity index (χ4n) is 3.39. The molecule has 0 aliphatic carbocycles. The number of carboxylic acid groups (broad SMARTS) is 1. The van der Waals surface area contributed by atoms with E-state index in [9.17, 15) is 9.90 Å². The van der Waals surface area contributed by atoms with Gasteiger partial charge in [0.2, 0.25) is 0 Å². The molecule has 0 bridgehead atoms. The van der Waals surface area contributed by atoms with Crippen LogP contribution >= 0.6 is 0 Å². The lowest BCUT2D eigenvalue weighted by Gasteiger charge is -2.35. The molecule has 0 spiro atoms. The lowest BCUT2D eigenvalue weighted by Crippen LogP contribution is -2.43. The maximum atomic E-state index is 11.3. The van der Waals surface area contributed by atoms with Crippen LogP contribution in [-0.4, -0.2) is 60.7 Å². The molecule has 5 nitrogen and oxygen atoms in total. The average molecular weight is 320 g/mol. The molecule has 1 aliphatic rings. The lowest BCUT2D eigenvalue weighted by molar-refractivity contribution is 0.0693. The largest absolute Gasteiger partial charge is 0.496 e. The summed E-state index contributed by atoms with van der Waals surface area (Å²) in [6.07, 6.45) is 1.21. The zero-order valence-corrected chi connectivity index (χ0v) is 14.8. The van der Waals surface area contributed by atoms with Gasteiger partial charge in [-0.05, 0) is 64.5 Å². The summed E-state index contributed by atoms with van der Waals surface area (Å²) in [7, 11) is 5.77. The minimum atomic E-state index is -0.954. The van der Waals surface area contributed by atoms with Crippen molar-refractivity contribution in [2.45, 2.75) is 32.4 Å². The molecule has 2 rings (SSSR count). The Morgan fingerprint density at radius 2 is 2.17 bits per heavy atom. The molecular formula is C18H28N2O3. The number of ether oxygens (including phenoxy) is 1. The zero-order chi connectivity index (χ0) is 17.2. The van der Waals surface area contributed by atoms with E-state index in [0.29, 0.717) is 11.7 Å². The number of likely N-dealkylation sites (tertiary alicyclic amines) is 1. The number of methoxy groups -OCH3 is 1. The van der Waals surface area contributed by atoms with E-state index >= 15 is 0 Å². The molecule has 1 fully saturated rings. The molecular weight excluding hydrogens is 292 g/mol. The second-order valence-electron chi connectivity index (χ2n) is 7.10. The maximum absolute atomic E-state index is 11.3. The first-order valence-electron chi connectivity index (χ1n) is 8.05. The highest BCUT2D eigenvalue weighted by Crippen LogP contribution is 2.33. The molecule has 128 valence electrons. The Morgan fingerprint density at radius 1 is 1.48 bits per heavy atom. The minimum absolute atomic E-state index is 0.209. The normalized spacial score (nSPS) is 20.9. The topological polar surface area (TPSA) is 53.0 Å². The summed E-state index contributed by atoms with van der Waals surface area (Å²) in [6.45, 7) is 7.48. The van der Waals surface area contributed by atoms with E-state index < -0.39 is 5.97 Å². The molecule has 1 aromatic rings. The quantitative estimate of drug-likeness (QED) is 0.873. The highest BCUT2D eigenvalue weighted by Gasteiger charge is 2.39. The minimum Gasteiger partial charge on any atom is -0.496 e. The Balaban J connectivity index is 2.05. The Labute approximate surface area is 138 Å². The van der Waals surface area contributed by atoms with E-state index in [1.54, 1.807) is 12.1 Å². The zero-order valence-electron chi connectivity index (χ0n) is 14.8. The third-order valence-corrected chi connectivity index (χ3v) is 5.27. The molecule has 1 saturated heterocycles. The lowest BCUT2D eigenvalue weighted by atomic mass is 9.88. The van der Waals surface area contributed by atoms with Gasteiger partial charge in [0.1, 0.15) is 11.3 Å². The molecule has 1 aliphatic heterocycles. The van der Waals surface area contributed by atoms with Gasteiger partial charge >= 0.3 is 5.97 Å². The van der Waals surface area contributed by atoms with E-state index in [-0.39, 0.29) is 11.1 Å². The van der Waals surface area contributed by atoms with Crippen LogP contribution in [-0.2, 0) is 6.54 Å². The molecule has 5 heteroatoms. The molecule has 1 aromatic carbocycles. The van der Waals surface area contributed by atoms with Gasteiger partial charge in [-0.1, -0.05) is 6.07 Å². The molecule has 0 saturated carbocycles. The van der Waals surface area contributed by atoms with E-state index in [0.717, 1.165) is 25.2 Å². The van der Waals surface area contributed by atoms with Gasteiger partial charge in [-0.15, -0.1) is 0 Å². The highest BCUT2D eigenvalue weighted by molar-refractivity contribution is 5.91. The third kappa shape index (κ3) is 3.85. The molecule has 1 atom stereocenters. The van der Waals surface area contributed by atoms with Crippen LogP contribution in [0.5, 0.6) is 5.75 Å². The van der Waals surface area contributed by atoms with Crippen molar-refractivity contribution in [1.82, 2.24) is 9.80 Å². The first kappa shape index (κ1) is 17.8. The van der Waals surface area contributed by atoms with Gasteiger partial charge in [-0.2, -0.15) is 0 Å². The van der Waals surface area contributed by atoms with Gasteiger partial charge in [0.15, 0.2) is 0 Å². The van der Waals surface area contributed by atoms with Gasteiger partial charge in [0.05, 0.1) is 7.11 Å². The van der Waals surface area contributed by atoms with Crippen molar-refractivity contribution in [1.29, 1.82) is 0 Å². The van der Waals surface area contributed by atoms with Gasteiger partial charge in [0.25, 0.3) is 0 Å². The van der Waals surface area contributed by atoms with Crippen molar-refractivity contribution >= 4 is 5.97 Å².